The van der Waals surface area contributed by atoms with Crippen LogP contribution in [0.2, 0.25) is 0 Å². The summed E-state index contributed by atoms with van der Waals surface area (Å²) < 4.78 is 0. The van der Waals surface area contributed by atoms with Crippen molar-refractivity contribution in [2.75, 3.05) is 0 Å². The summed E-state index contributed by atoms with van der Waals surface area (Å²) in [6.07, 6.45) is 15.5. The molecule has 0 aliphatic heterocycles. The second kappa shape index (κ2) is 10.4. The lowest BCUT2D eigenvalue weighted by Crippen LogP contribution is -1.96. The molecule has 0 amide bonds. The summed E-state index contributed by atoms with van der Waals surface area (Å²) in [6.45, 7) is 6.28. The number of hydrogen-bond donors (Lipinski definition) is 0. The van der Waals surface area contributed by atoms with Gasteiger partial charge in [-0.2, -0.15) is 0 Å². The van der Waals surface area contributed by atoms with E-state index in [0.717, 1.165) is 19.3 Å². The average molecular weight is 220 g/mol. The minimum atomic E-state index is 0.256. The Morgan fingerprint density at radius 1 is 1.12 bits per heavy atom. The Labute approximate surface area is 99.9 Å². The average Bonchev–Trinajstić information content (AvgIpc) is 2.25. The van der Waals surface area contributed by atoms with E-state index in [-0.39, 0.29) is 5.78 Å². The van der Waals surface area contributed by atoms with Crippen LogP contribution in [0.15, 0.2) is 36.5 Å². The highest BCUT2D eigenvalue weighted by Gasteiger charge is 1.98. The van der Waals surface area contributed by atoms with Gasteiger partial charge < -0.3 is 0 Å². The number of allylic oxidation sites excluding steroid dienone is 6. The lowest BCUT2D eigenvalue weighted by molar-refractivity contribution is -0.114. The molecule has 0 saturated carbocycles. The third-order valence-electron chi connectivity index (χ3n) is 2.21. The zero-order chi connectivity index (χ0) is 12.2. The van der Waals surface area contributed by atoms with E-state index in [9.17, 15) is 4.79 Å². The second-order valence-corrected chi connectivity index (χ2v) is 4.33. The predicted molar refractivity (Wildman–Crippen MR) is 71.4 cm³/mol. The standard InChI is InChI=1S/C15H24O/c1-4-5-6-7-8-9-10-11-15(16)13-12-14(2)3/h4-7,10-11,14H,8-9,12-13H2,1-3H3/b5-4+,7-6-,11-10+. The Morgan fingerprint density at radius 3 is 2.44 bits per heavy atom. The van der Waals surface area contributed by atoms with Gasteiger partial charge in [0.2, 0.25) is 0 Å². The van der Waals surface area contributed by atoms with Crippen LogP contribution < -0.4 is 0 Å². The number of rotatable bonds is 8. The molecule has 0 rings (SSSR count). The van der Waals surface area contributed by atoms with Crippen molar-refractivity contribution >= 4 is 5.78 Å². The molecule has 0 fully saturated rings. The maximum absolute atomic E-state index is 11.4. The summed E-state index contributed by atoms with van der Waals surface area (Å²) in [6, 6.07) is 0. The van der Waals surface area contributed by atoms with E-state index < -0.39 is 0 Å². The van der Waals surface area contributed by atoms with Crippen molar-refractivity contribution in [1.29, 1.82) is 0 Å². The SMILES string of the molecule is C/C=C/C=C\CC/C=C/C(=O)CCC(C)C. The van der Waals surface area contributed by atoms with Crippen LogP contribution in [-0.4, -0.2) is 5.78 Å². The van der Waals surface area contributed by atoms with Crippen molar-refractivity contribution in [3.8, 4) is 0 Å². The van der Waals surface area contributed by atoms with Gasteiger partial charge in [-0.3, -0.25) is 4.79 Å². The fourth-order valence-electron chi connectivity index (χ4n) is 1.21. The third kappa shape index (κ3) is 11.0. The van der Waals surface area contributed by atoms with E-state index in [1.54, 1.807) is 6.08 Å². The van der Waals surface area contributed by atoms with Gasteiger partial charge in [0.25, 0.3) is 0 Å². The third-order valence-corrected chi connectivity index (χ3v) is 2.21. The Bertz CT molecular complexity index is 257. The molecule has 0 aliphatic rings. The molecule has 0 unspecified atom stereocenters. The minimum absolute atomic E-state index is 0.256. The quantitative estimate of drug-likeness (QED) is 0.335. The van der Waals surface area contributed by atoms with E-state index >= 15 is 0 Å². The fourth-order valence-corrected chi connectivity index (χ4v) is 1.21. The second-order valence-electron chi connectivity index (χ2n) is 4.33. The predicted octanol–water partition coefficient (Wildman–Crippen LogP) is 4.46. The number of hydrogen-bond acceptors (Lipinski definition) is 1. The van der Waals surface area contributed by atoms with Gasteiger partial charge in [0.15, 0.2) is 5.78 Å². The first-order valence-corrected chi connectivity index (χ1v) is 6.14. The van der Waals surface area contributed by atoms with Gasteiger partial charge in [-0.1, -0.05) is 44.2 Å². The molecule has 0 atom stereocenters. The Hall–Kier alpha value is -1.11. The molecule has 1 heteroatoms. The first-order chi connectivity index (χ1) is 7.66. The first-order valence-electron chi connectivity index (χ1n) is 6.14. The number of carbonyl (C=O) groups is 1. The molecule has 1 nitrogen and oxygen atoms in total. The highest BCUT2D eigenvalue weighted by atomic mass is 16.1. The molecule has 0 aromatic heterocycles. The summed E-state index contributed by atoms with van der Waals surface area (Å²) >= 11 is 0. The zero-order valence-corrected chi connectivity index (χ0v) is 10.8. The van der Waals surface area contributed by atoms with E-state index in [0.29, 0.717) is 12.3 Å². The van der Waals surface area contributed by atoms with Crippen molar-refractivity contribution in [2.45, 2.75) is 46.5 Å². The van der Waals surface area contributed by atoms with E-state index in [2.05, 4.69) is 19.9 Å². The van der Waals surface area contributed by atoms with Gasteiger partial charge >= 0.3 is 0 Å². The van der Waals surface area contributed by atoms with Gasteiger partial charge in [0.05, 0.1) is 0 Å². The topological polar surface area (TPSA) is 17.1 Å². The van der Waals surface area contributed by atoms with Crippen molar-refractivity contribution in [1.82, 2.24) is 0 Å². The van der Waals surface area contributed by atoms with Crippen LogP contribution in [0.5, 0.6) is 0 Å². The normalized spacial score (nSPS) is 12.5. The Morgan fingerprint density at radius 2 is 1.81 bits per heavy atom. The maximum Gasteiger partial charge on any atom is 0.155 e. The number of ketones is 1. The van der Waals surface area contributed by atoms with Gasteiger partial charge in [-0.25, -0.2) is 0 Å². The van der Waals surface area contributed by atoms with Crippen LogP contribution in [0.25, 0.3) is 0 Å². The molecule has 0 aliphatic carbocycles. The molecular formula is C15H24O. The number of unbranched alkanes of at least 4 members (excludes halogenated alkanes) is 1. The molecule has 0 aromatic carbocycles. The van der Waals surface area contributed by atoms with Crippen LogP contribution in [0, 0.1) is 5.92 Å². The lowest BCUT2D eigenvalue weighted by atomic mass is 10.1. The highest BCUT2D eigenvalue weighted by Crippen LogP contribution is 2.04. The Balaban J connectivity index is 3.56. The van der Waals surface area contributed by atoms with Crippen molar-refractivity contribution in [3.63, 3.8) is 0 Å². The molecule has 0 saturated heterocycles. The largest absolute Gasteiger partial charge is 0.295 e. The van der Waals surface area contributed by atoms with E-state index in [1.807, 2.05) is 31.2 Å². The summed E-state index contributed by atoms with van der Waals surface area (Å²) in [5.74, 6) is 0.868. The summed E-state index contributed by atoms with van der Waals surface area (Å²) in [4.78, 5) is 11.4. The van der Waals surface area contributed by atoms with Crippen LogP contribution >= 0.6 is 0 Å². The maximum atomic E-state index is 11.4. The summed E-state index contributed by atoms with van der Waals surface area (Å²) in [5.41, 5.74) is 0. The number of carbonyl (C=O) groups excluding carboxylic acids is 1. The summed E-state index contributed by atoms with van der Waals surface area (Å²) in [5, 5.41) is 0. The van der Waals surface area contributed by atoms with Gasteiger partial charge in [-0.05, 0) is 38.2 Å². The molecular weight excluding hydrogens is 196 g/mol. The van der Waals surface area contributed by atoms with Crippen LogP contribution in [0.3, 0.4) is 0 Å². The molecule has 0 bridgehead atoms. The molecule has 0 N–H and O–H groups in total. The Kier molecular flexibility index (Phi) is 9.69. The minimum Gasteiger partial charge on any atom is -0.295 e. The molecule has 0 heterocycles. The van der Waals surface area contributed by atoms with Crippen LogP contribution in [-0.2, 0) is 4.79 Å². The van der Waals surface area contributed by atoms with Gasteiger partial charge in [0, 0.05) is 6.42 Å². The van der Waals surface area contributed by atoms with Crippen molar-refractivity contribution in [3.05, 3.63) is 36.5 Å². The van der Waals surface area contributed by atoms with Gasteiger partial charge in [0.1, 0.15) is 0 Å². The molecule has 0 radical (unpaired) electrons. The highest BCUT2D eigenvalue weighted by molar-refractivity contribution is 5.89. The monoisotopic (exact) mass is 220 g/mol. The zero-order valence-electron chi connectivity index (χ0n) is 10.8. The van der Waals surface area contributed by atoms with Gasteiger partial charge in [-0.15, -0.1) is 0 Å². The van der Waals surface area contributed by atoms with E-state index in [4.69, 9.17) is 0 Å². The summed E-state index contributed by atoms with van der Waals surface area (Å²) in [7, 11) is 0. The van der Waals surface area contributed by atoms with Crippen LogP contribution in [0.1, 0.15) is 46.5 Å². The molecule has 0 aromatic rings. The van der Waals surface area contributed by atoms with Crippen molar-refractivity contribution in [2.24, 2.45) is 5.92 Å². The molecule has 90 valence electrons. The smallest absolute Gasteiger partial charge is 0.155 e. The lowest BCUT2D eigenvalue weighted by Gasteiger charge is -1.99. The van der Waals surface area contributed by atoms with Crippen molar-refractivity contribution < 1.29 is 4.79 Å². The first kappa shape index (κ1) is 14.9. The van der Waals surface area contributed by atoms with E-state index in [1.165, 1.54) is 0 Å². The molecule has 0 spiro atoms. The van der Waals surface area contributed by atoms with Crippen LogP contribution in [0.4, 0.5) is 0 Å². The molecule has 16 heavy (non-hydrogen) atoms. The fraction of sp³-hybridized carbons (Fsp3) is 0.533.